The molecule has 4 aromatic rings. The number of nitrogens with one attached hydrogen (secondary N) is 1. The highest BCUT2D eigenvalue weighted by atomic mass is 19.4. The van der Waals surface area contributed by atoms with E-state index >= 15 is 0 Å². The predicted molar refractivity (Wildman–Crippen MR) is 143 cm³/mol. The number of halogens is 3. The van der Waals surface area contributed by atoms with Gasteiger partial charge < -0.3 is 19.9 Å². The highest BCUT2D eigenvalue weighted by molar-refractivity contribution is 6.04. The van der Waals surface area contributed by atoms with Crippen LogP contribution >= 0.6 is 0 Å². The first-order valence-electron chi connectivity index (χ1n) is 12.5. The number of carbonyl (C=O) groups is 1. The van der Waals surface area contributed by atoms with Gasteiger partial charge in [0.2, 0.25) is 0 Å². The summed E-state index contributed by atoms with van der Waals surface area (Å²) in [6.07, 6.45) is 1.97. The van der Waals surface area contributed by atoms with E-state index in [2.05, 4.69) is 42.4 Å². The third-order valence-corrected chi connectivity index (χ3v) is 6.71. The Balaban J connectivity index is 1.37. The summed E-state index contributed by atoms with van der Waals surface area (Å²) in [5.41, 5.74) is 2.59. The van der Waals surface area contributed by atoms with Crippen LogP contribution in [0.2, 0.25) is 0 Å². The molecule has 1 saturated heterocycles. The fourth-order valence-electron chi connectivity index (χ4n) is 4.41. The highest BCUT2D eigenvalue weighted by Gasteiger charge is 2.34. The van der Waals surface area contributed by atoms with E-state index in [1.165, 1.54) is 16.9 Å². The van der Waals surface area contributed by atoms with Crippen LogP contribution in [0.15, 0.2) is 55.1 Å². The summed E-state index contributed by atoms with van der Waals surface area (Å²) in [6, 6.07) is 6.90. The third kappa shape index (κ3) is 5.73. The summed E-state index contributed by atoms with van der Waals surface area (Å²) < 4.78 is 46.5. The maximum atomic E-state index is 13.4. The molecule has 0 aliphatic carbocycles. The lowest BCUT2D eigenvalue weighted by molar-refractivity contribution is -0.138. The van der Waals surface area contributed by atoms with Gasteiger partial charge in [0.25, 0.3) is 5.91 Å². The average Bonchev–Trinajstić information content (AvgIpc) is 3.43. The van der Waals surface area contributed by atoms with Crippen LogP contribution in [0, 0.1) is 6.92 Å². The molecule has 40 heavy (non-hydrogen) atoms. The Bertz CT molecular complexity index is 1530. The van der Waals surface area contributed by atoms with Crippen LogP contribution in [0.4, 0.5) is 24.5 Å². The quantitative estimate of drug-likeness (QED) is 0.382. The number of hydrogen-bond acceptors (Lipinski definition) is 8. The molecule has 1 amide bonds. The van der Waals surface area contributed by atoms with Crippen LogP contribution in [0.3, 0.4) is 0 Å². The molecule has 0 radical (unpaired) electrons. The van der Waals surface area contributed by atoms with E-state index in [-0.39, 0.29) is 17.0 Å². The second-order valence-corrected chi connectivity index (χ2v) is 9.47. The molecule has 0 atom stereocenters. The lowest BCUT2D eigenvalue weighted by Gasteiger charge is -2.33. The zero-order valence-electron chi connectivity index (χ0n) is 22.1. The van der Waals surface area contributed by atoms with Crippen LogP contribution in [-0.2, 0) is 6.18 Å². The van der Waals surface area contributed by atoms with E-state index in [1.807, 2.05) is 12.3 Å². The average molecular weight is 553 g/mol. The maximum absolute atomic E-state index is 13.4. The number of rotatable bonds is 6. The molecule has 5 rings (SSSR count). The van der Waals surface area contributed by atoms with E-state index in [0.717, 1.165) is 56.7 Å². The fraction of sp³-hybridized carbons (Fsp3) is 0.296. The number of methoxy groups -OCH3 is 1. The first-order valence-corrected chi connectivity index (χ1v) is 12.5. The lowest BCUT2D eigenvalue weighted by Crippen LogP contribution is -2.44. The van der Waals surface area contributed by atoms with E-state index in [1.54, 1.807) is 25.4 Å². The number of amides is 1. The molecule has 0 unspecified atom stereocenters. The van der Waals surface area contributed by atoms with Gasteiger partial charge in [-0.2, -0.15) is 13.2 Å². The number of alkyl halides is 3. The molecule has 0 bridgehead atoms. The highest BCUT2D eigenvalue weighted by Crippen LogP contribution is 2.37. The molecular weight excluding hydrogens is 525 g/mol. The summed E-state index contributed by atoms with van der Waals surface area (Å²) in [5.74, 6) is -0.965. The van der Waals surface area contributed by atoms with E-state index in [4.69, 9.17) is 4.74 Å². The lowest BCUT2D eigenvalue weighted by atomic mass is 10.1. The number of ether oxygens (including phenoxy) is 1. The predicted octanol–water partition coefficient (Wildman–Crippen LogP) is 4.06. The van der Waals surface area contributed by atoms with Crippen molar-refractivity contribution in [2.24, 2.45) is 0 Å². The minimum absolute atomic E-state index is 0.0315. The van der Waals surface area contributed by atoms with Gasteiger partial charge in [-0.1, -0.05) is 5.21 Å². The molecule has 1 aliphatic heterocycles. The zero-order chi connectivity index (χ0) is 28.4. The van der Waals surface area contributed by atoms with Crippen molar-refractivity contribution in [1.82, 2.24) is 29.9 Å². The van der Waals surface area contributed by atoms with Gasteiger partial charge in [0.1, 0.15) is 11.4 Å². The molecule has 0 saturated carbocycles. The first kappa shape index (κ1) is 27.1. The van der Waals surface area contributed by atoms with Crippen LogP contribution < -0.4 is 15.0 Å². The van der Waals surface area contributed by atoms with Gasteiger partial charge in [0, 0.05) is 49.8 Å². The molecule has 1 aromatic carbocycles. The van der Waals surface area contributed by atoms with Crippen LogP contribution in [0.1, 0.15) is 21.6 Å². The molecule has 4 heterocycles. The van der Waals surface area contributed by atoms with Crippen molar-refractivity contribution in [3.63, 3.8) is 0 Å². The molecular formula is C27H27F3N8O2. The van der Waals surface area contributed by atoms with Crippen LogP contribution in [0.5, 0.6) is 5.75 Å². The normalized spacial score (nSPS) is 14.3. The summed E-state index contributed by atoms with van der Waals surface area (Å²) >= 11 is 0. The molecule has 0 spiro atoms. The number of carbonyl (C=O) groups excluding carboxylic acids is 1. The Labute approximate surface area is 228 Å². The van der Waals surface area contributed by atoms with Crippen molar-refractivity contribution in [3.8, 4) is 22.7 Å². The van der Waals surface area contributed by atoms with Gasteiger partial charge in [-0.15, -0.1) is 5.10 Å². The van der Waals surface area contributed by atoms with Crippen molar-refractivity contribution in [2.45, 2.75) is 13.1 Å². The fourth-order valence-corrected chi connectivity index (χ4v) is 4.41. The minimum Gasteiger partial charge on any atom is -0.496 e. The smallest absolute Gasteiger partial charge is 0.420 e. The Hall–Kier alpha value is -4.52. The Morgan fingerprint density at radius 2 is 1.82 bits per heavy atom. The maximum Gasteiger partial charge on any atom is 0.420 e. The van der Waals surface area contributed by atoms with Gasteiger partial charge >= 0.3 is 6.18 Å². The van der Waals surface area contributed by atoms with Crippen molar-refractivity contribution in [1.29, 1.82) is 0 Å². The number of nitrogens with zero attached hydrogens (tertiary/aromatic N) is 7. The van der Waals surface area contributed by atoms with Crippen LogP contribution in [0.25, 0.3) is 16.9 Å². The van der Waals surface area contributed by atoms with Crippen molar-refractivity contribution in [3.05, 3.63) is 71.9 Å². The van der Waals surface area contributed by atoms with Crippen LogP contribution in [-0.4, -0.2) is 76.1 Å². The SMILES string of the molecule is COc1ccc(NC(=O)c2cnc(C)c(-n3cc(-c4cncc(N5CCN(C)CC5)c4)nn3)c2)cc1C(F)(F)F. The molecule has 1 fully saturated rings. The third-order valence-electron chi connectivity index (χ3n) is 6.71. The Morgan fingerprint density at radius 3 is 2.55 bits per heavy atom. The number of aryl methyl sites for hydroxylation is 1. The summed E-state index contributed by atoms with van der Waals surface area (Å²) in [4.78, 5) is 26.2. The van der Waals surface area contributed by atoms with E-state index < -0.39 is 17.6 Å². The molecule has 1 N–H and O–H groups in total. The number of likely N-dealkylation sites (N-methyl/N-ethyl adjacent to an activating group) is 1. The number of anilines is 2. The second-order valence-electron chi connectivity index (χ2n) is 9.47. The first-order chi connectivity index (χ1) is 19.1. The largest absolute Gasteiger partial charge is 0.496 e. The standard InChI is InChI=1S/C27H27F3N8O2/c1-17-24(11-19(14-32-17)26(39)33-20-4-5-25(40-3)22(12-20)27(28,29)30)38-16-23(34-35-38)18-10-21(15-31-13-18)37-8-6-36(2)7-9-37/h4-5,10-16H,6-9H2,1-3H3,(H,33,39). The number of aromatic nitrogens is 5. The van der Waals surface area contributed by atoms with E-state index in [9.17, 15) is 18.0 Å². The molecule has 13 heteroatoms. The number of pyridine rings is 2. The van der Waals surface area contributed by atoms with Gasteiger partial charge in [0.05, 0.1) is 47.7 Å². The van der Waals surface area contributed by atoms with Gasteiger partial charge in [-0.3, -0.25) is 14.8 Å². The topological polar surface area (TPSA) is 101 Å². The molecule has 10 nitrogen and oxygen atoms in total. The van der Waals surface area contributed by atoms with Gasteiger partial charge in [-0.05, 0) is 44.3 Å². The second kappa shape index (κ2) is 10.9. The van der Waals surface area contributed by atoms with E-state index in [0.29, 0.717) is 17.1 Å². The van der Waals surface area contributed by atoms with Crippen molar-refractivity contribution in [2.75, 3.05) is 50.6 Å². The number of piperazine rings is 1. The monoisotopic (exact) mass is 552 g/mol. The van der Waals surface area contributed by atoms with Crippen molar-refractivity contribution >= 4 is 17.3 Å². The summed E-state index contributed by atoms with van der Waals surface area (Å²) in [7, 11) is 3.25. The van der Waals surface area contributed by atoms with Gasteiger partial charge in [0.15, 0.2) is 0 Å². The molecule has 1 aliphatic rings. The van der Waals surface area contributed by atoms with Crippen molar-refractivity contribution < 1.29 is 22.7 Å². The molecule has 3 aromatic heterocycles. The summed E-state index contributed by atoms with van der Waals surface area (Å²) in [6.45, 7) is 5.51. The Kier molecular flexibility index (Phi) is 7.39. The number of benzene rings is 1. The Morgan fingerprint density at radius 1 is 1.05 bits per heavy atom. The minimum atomic E-state index is -4.64. The van der Waals surface area contributed by atoms with Gasteiger partial charge in [-0.25, -0.2) is 4.68 Å². The molecule has 208 valence electrons. The zero-order valence-corrected chi connectivity index (χ0v) is 22.1. The number of hydrogen-bond donors (Lipinski definition) is 1. The summed E-state index contributed by atoms with van der Waals surface area (Å²) in [5, 5.41) is 11.0.